The van der Waals surface area contributed by atoms with Gasteiger partial charge < -0.3 is 20.1 Å². The van der Waals surface area contributed by atoms with E-state index in [1.54, 1.807) is 11.9 Å². The van der Waals surface area contributed by atoms with Crippen molar-refractivity contribution in [2.24, 2.45) is 0 Å². The van der Waals surface area contributed by atoms with Crippen molar-refractivity contribution in [1.82, 2.24) is 14.9 Å². The highest BCUT2D eigenvalue weighted by Crippen LogP contribution is 2.34. The highest BCUT2D eigenvalue weighted by molar-refractivity contribution is 6.30. The van der Waals surface area contributed by atoms with E-state index in [2.05, 4.69) is 5.32 Å². The van der Waals surface area contributed by atoms with Gasteiger partial charge in [0.25, 0.3) is 11.8 Å². The van der Waals surface area contributed by atoms with Crippen LogP contribution in [0, 0.1) is 5.82 Å². The molecule has 11 heteroatoms. The molecular formula is C20H20ClFN4O5. The minimum Gasteiger partial charge on any atom is -0.502 e. The quantitative estimate of drug-likeness (QED) is 0.712. The molecule has 164 valence electrons. The van der Waals surface area contributed by atoms with E-state index in [9.17, 15) is 23.9 Å². The Bertz CT molecular complexity index is 1150. The van der Waals surface area contributed by atoms with Gasteiger partial charge in [-0.2, -0.15) is 0 Å². The molecule has 1 unspecified atom stereocenters. The van der Waals surface area contributed by atoms with Gasteiger partial charge in [0, 0.05) is 25.8 Å². The Morgan fingerprint density at radius 2 is 2.13 bits per heavy atom. The van der Waals surface area contributed by atoms with E-state index in [-0.39, 0.29) is 47.3 Å². The number of aromatic nitrogens is 1. The van der Waals surface area contributed by atoms with Gasteiger partial charge in [0.2, 0.25) is 5.43 Å². The number of methoxy groups -OCH3 is 1. The summed E-state index contributed by atoms with van der Waals surface area (Å²) in [5, 5.41) is 14.7. The molecule has 3 heterocycles. The third-order valence-corrected chi connectivity index (χ3v) is 5.81. The smallest absolute Gasteiger partial charge is 0.277 e. The average Bonchev–Trinajstić information content (AvgIpc) is 3.11. The Kier molecular flexibility index (Phi) is 5.36. The normalized spacial score (nSPS) is 17.2. The number of rotatable bonds is 5. The van der Waals surface area contributed by atoms with Crippen LogP contribution in [0.5, 0.6) is 5.75 Å². The van der Waals surface area contributed by atoms with Crippen LogP contribution in [0.2, 0.25) is 5.02 Å². The molecule has 0 radical (unpaired) electrons. The number of hydrogen-bond acceptors (Lipinski definition) is 6. The number of pyridine rings is 1. The fourth-order valence-corrected chi connectivity index (χ4v) is 4.14. The van der Waals surface area contributed by atoms with Crippen LogP contribution in [0.4, 0.5) is 4.39 Å². The van der Waals surface area contributed by atoms with Gasteiger partial charge in [0.1, 0.15) is 24.2 Å². The number of aromatic hydroxyl groups is 1. The van der Waals surface area contributed by atoms with Crippen molar-refractivity contribution in [3.05, 3.63) is 61.8 Å². The third-order valence-electron chi connectivity index (χ3n) is 5.51. The monoisotopic (exact) mass is 450 g/mol. The van der Waals surface area contributed by atoms with Gasteiger partial charge in [-0.1, -0.05) is 23.7 Å². The lowest BCUT2D eigenvalue weighted by atomic mass is 10.1. The Balaban J connectivity index is 1.78. The number of ether oxygens (including phenoxy) is 1. The standard InChI is InChI=1S/C20H20ClFN4O5/c1-3-24-9-25-8-12(31-2)15-13(17(27)18(28)16(20(24)30)26(15)25)19(29)23-7-10-5-4-6-11(21)14(10)22/h4-6,12,28H,3,7-9H2,1-2H3,(H,23,29). The molecule has 9 nitrogen and oxygen atoms in total. The molecule has 0 saturated carbocycles. The Labute approximate surface area is 181 Å². The SMILES string of the molecule is CCN1CN2CC(OC)c3c(C(=O)NCc4cccc(Cl)c4F)c(=O)c(O)c(n32)C1=O. The number of carbonyl (C=O) groups excluding carboxylic acids is 2. The lowest BCUT2D eigenvalue weighted by molar-refractivity contribution is 0.0698. The lowest BCUT2D eigenvalue weighted by Crippen LogP contribution is -2.52. The van der Waals surface area contributed by atoms with Crippen LogP contribution in [-0.2, 0) is 11.3 Å². The fourth-order valence-electron chi connectivity index (χ4n) is 3.94. The maximum absolute atomic E-state index is 14.1. The molecule has 1 atom stereocenters. The predicted molar refractivity (Wildman–Crippen MR) is 109 cm³/mol. The minimum absolute atomic E-state index is 0.0917. The molecular weight excluding hydrogens is 431 g/mol. The molecule has 31 heavy (non-hydrogen) atoms. The van der Waals surface area contributed by atoms with Crippen molar-refractivity contribution in [2.75, 3.05) is 31.9 Å². The van der Waals surface area contributed by atoms with E-state index < -0.39 is 34.9 Å². The molecule has 0 aliphatic carbocycles. The largest absolute Gasteiger partial charge is 0.502 e. The molecule has 2 aliphatic rings. The number of benzene rings is 1. The van der Waals surface area contributed by atoms with Crippen LogP contribution in [0.15, 0.2) is 23.0 Å². The molecule has 1 aromatic heterocycles. The van der Waals surface area contributed by atoms with Gasteiger partial charge in [0.05, 0.1) is 17.3 Å². The molecule has 0 fully saturated rings. The first-order valence-electron chi connectivity index (χ1n) is 9.60. The molecule has 2 aromatic rings. The summed E-state index contributed by atoms with van der Waals surface area (Å²) in [5.74, 6) is -2.82. The van der Waals surface area contributed by atoms with Crippen molar-refractivity contribution in [3.8, 4) is 5.75 Å². The van der Waals surface area contributed by atoms with E-state index in [0.717, 1.165) is 0 Å². The van der Waals surface area contributed by atoms with Crippen LogP contribution in [-0.4, -0.2) is 53.4 Å². The Morgan fingerprint density at radius 3 is 2.81 bits per heavy atom. The molecule has 2 N–H and O–H groups in total. The topological polar surface area (TPSA) is 104 Å². The van der Waals surface area contributed by atoms with Gasteiger partial charge >= 0.3 is 0 Å². The Hall–Kier alpha value is -3.11. The third kappa shape index (κ3) is 3.22. The summed E-state index contributed by atoms with van der Waals surface area (Å²) >= 11 is 5.77. The zero-order chi connectivity index (χ0) is 22.4. The van der Waals surface area contributed by atoms with Gasteiger partial charge in [0.15, 0.2) is 11.4 Å². The van der Waals surface area contributed by atoms with Gasteiger partial charge in [-0.15, -0.1) is 0 Å². The molecule has 0 bridgehead atoms. The fraction of sp³-hybridized carbons (Fsp3) is 0.350. The first-order valence-corrected chi connectivity index (χ1v) is 9.98. The maximum atomic E-state index is 14.1. The lowest BCUT2D eigenvalue weighted by Gasteiger charge is -2.36. The van der Waals surface area contributed by atoms with Crippen molar-refractivity contribution >= 4 is 23.4 Å². The van der Waals surface area contributed by atoms with E-state index in [4.69, 9.17) is 16.3 Å². The average molecular weight is 451 g/mol. The van der Waals surface area contributed by atoms with E-state index in [0.29, 0.717) is 6.54 Å². The first-order chi connectivity index (χ1) is 14.8. The number of nitrogens with one attached hydrogen (secondary N) is 1. The van der Waals surface area contributed by atoms with Crippen molar-refractivity contribution < 1.29 is 23.8 Å². The number of nitrogens with zero attached hydrogens (tertiary/aromatic N) is 3. The highest BCUT2D eigenvalue weighted by atomic mass is 35.5. The second-order valence-electron chi connectivity index (χ2n) is 7.21. The zero-order valence-electron chi connectivity index (χ0n) is 16.8. The van der Waals surface area contributed by atoms with Gasteiger partial charge in [-0.25, -0.2) is 9.07 Å². The van der Waals surface area contributed by atoms with Crippen molar-refractivity contribution in [2.45, 2.75) is 19.6 Å². The zero-order valence-corrected chi connectivity index (χ0v) is 17.6. The van der Waals surface area contributed by atoms with E-state index in [1.807, 2.05) is 0 Å². The summed E-state index contributed by atoms with van der Waals surface area (Å²) in [4.78, 5) is 40.2. The van der Waals surface area contributed by atoms with Gasteiger partial charge in [-0.05, 0) is 13.0 Å². The van der Waals surface area contributed by atoms with Crippen LogP contribution >= 0.6 is 11.6 Å². The molecule has 0 saturated heterocycles. The first kappa shape index (κ1) is 21.1. The molecule has 4 rings (SSSR count). The summed E-state index contributed by atoms with van der Waals surface area (Å²) in [6.07, 6.45) is -0.680. The summed E-state index contributed by atoms with van der Waals surface area (Å²) in [7, 11) is 1.43. The number of amides is 2. The number of carbonyl (C=O) groups is 2. The predicted octanol–water partition coefficient (Wildman–Crippen LogP) is 1.35. The summed E-state index contributed by atoms with van der Waals surface area (Å²) < 4.78 is 21.0. The van der Waals surface area contributed by atoms with E-state index in [1.165, 1.54) is 34.9 Å². The Morgan fingerprint density at radius 1 is 1.39 bits per heavy atom. The summed E-state index contributed by atoms with van der Waals surface area (Å²) in [5.41, 5.74) is -1.23. The summed E-state index contributed by atoms with van der Waals surface area (Å²) in [6, 6.07) is 4.37. The van der Waals surface area contributed by atoms with Crippen LogP contribution in [0.3, 0.4) is 0 Å². The van der Waals surface area contributed by atoms with Crippen LogP contribution in [0.25, 0.3) is 0 Å². The number of hydrogen-bond donors (Lipinski definition) is 2. The van der Waals surface area contributed by atoms with Crippen molar-refractivity contribution in [3.63, 3.8) is 0 Å². The second kappa shape index (κ2) is 7.86. The van der Waals surface area contributed by atoms with E-state index >= 15 is 0 Å². The number of halogens is 2. The maximum Gasteiger partial charge on any atom is 0.277 e. The molecule has 2 amide bonds. The molecule has 1 aromatic carbocycles. The van der Waals surface area contributed by atoms with Crippen molar-refractivity contribution in [1.29, 1.82) is 0 Å². The van der Waals surface area contributed by atoms with Crippen LogP contribution in [0.1, 0.15) is 45.1 Å². The molecule has 2 aliphatic heterocycles. The van der Waals surface area contributed by atoms with Crippen LogP contribution < -0.4 is 15.8 Å². The second-order valence-corrected chi connectivity index (χ2v) is 7.62. The summed E-state index contributed by atoms with van der Waals surface area (Å²) in [6.45, 7) is 2.43. The van der Waals surface area contributed by atoms with Gasteiger partial charge in [-0.3, -0.25) is 19.4 Å². The molecule has 0 spiro atoms. The minimum atomic E-state index is -0.986. The highest BCUT2D eigenvalue weighted by Gasteiger charge is 2.44.